The molecule has 128 valence electrons. The van der Waals surface area contributed by atoms with Crippen molar-refractivity contribution in [3.8, 4) is 11.5 Å². The van der Waals surface area contributed by atoms with Gasteiger partial charge in [0.1, 0.15) is 0 Å². The third-order valence-electron chi connectivity index (χ3n) is 3.80. The summed E-state index contributed by atoms with van der Waals surface area (Å²) in [7, 11) is 0. The topological polar surface area (TPSA) is 56.0 Å². The van der Waals surface area contributed by atoms with Gasteiger partial charge in [0.05, 0.1) is 5.25 Å². The van der Waals surface area contributed by atoms with Crippen molar-refractivity contribution in [1.29, 1.82) is 0 Å². The quantitative estimate of drug-likeness (QED) is 0.407. The van der Waals surface area contributed by atoms with Gasteiger partial charge in [-0.3, -0.25) is 4.79 Å². The molecule has 0 saturated heterocycles. The normalized spacial score (nSPS) is 12.2. The summed E-state index contributed by atoms with van der Waals surface area (Å²) in [5, 5.41) is 8.21. The Bertz CT molecular complexity index is 906. The Labute approximate surface area is 159 Å². The number of hydrogen-bond donors (Lipinski definition) is 0. The average molecular weight is 417 g/mol. The molecule has 0 spiro atoms. The maximum absolute atomic E-state index is 12.7. The molecule has 0 radical (unpaired) electrons. The third-order valence-corrected chi connectivity index (χ3v) is 5.27. The van der Waals surface area contributed by atoms with Crippen LogP contribution in [0, 0.1) is 13.8 Å². The number of carbonyl (C=O) groups excluding carboxylic acids is 1. The fourth-order valence-electron chi connectivity index (χ4n) is 2.39. The Kier molecular flexibility index (Phi) is 5.39. The van der Waals surface area contributed by atoms with Gasteiger partial charge in [0.2, 0.25) is 5.89 Å². The molecule has 3 aromatic rings. The van der Waals surface area contributed by atoms with Crippen molar-refractivity contribution in [3.05, 3.63) is 63.6 Å². The van der Waals surface area contributed by atoms with Gasteiger partial charge < -0.3 is 4.42 Å². The van der Waals surface area contributed by atoms with Crippen molar-refractivity contribution in [2.75, 3.05) is 0 Å². The molecule has 0 N–H and O–H groups in total. The number of halogens is 1. The van der Waals surface area contributed by atoms with E-state index in [2.05, 4.69) is 26.1 Å². The van der Waals surface area contributed by atoms with E-state index >= 15 is 0 Å². The minimum atomic E-state index is -0.307. The molecular formula is C19H17BrN2O2S. The molecule has 6 heteroatoms. The minimum Gasteiger partial charge on any atom is -0.411 e. The van der Waals surface area contributed by atoms with Gasteiger partial charge in [-0.1, -0.05) is 45.4 Å². The third kappa shape index (κ3) is 4.19. The summed E-state index contributed by atoms with van der Waals surface area (Å²) in [4.78, 5) is 12.7. The van der Waals surface area contributed by atoms with Gasteiger partial charge in [0.25, 0.3) is 5.22 Å². The standard InChI is InChI=1S/C19H17BrN2O2S/c1-11-4-5-12(2)16(10-11)17(23)13(3)25-19-22-21-18(24-19)14-6-8-15(20)9-7-14/h4-10,13H,1-3H3. The Balaban J connectivity index is 1.75. The Morgan fingerprint density at radius 1 is 1.12 bits per heavy atom. The van der Waals surface area contributed by atoms with E-state index in [0.717, 1.165) is 26.7 Å². The fourth-order valence-corrected chi connectivity index (χ4v) is 3.41. The van der Waals surface area contributed by atoms with Gasteiger partial charge in [-0.2, -0.15) is 0 Å². The molecule has 0 aliphatic rings. The van der Waals surface area contributed by atoms with Crippen LogP contribution in [-0.4, -0.2) is 21.2 Å². The molecular weight excluding hydrogens is 400 g/mol. The van der Waals surface area contributed by atoms with Crippen LogP contribution in [0.5, 0.6) is 0 Å². The number of carbonyl (C=O) groups is 1. The first-order valence-corrected chi connectivity index (χ1v) is 9.49. The van der Waals surface area contributed by atoms with Crippen LogP contribution in [0.25, 0.3) is 11.5 Å². The van der Waals surface area contributed by atoms with E-state index in [1.54, 1.807) is 0 Å². The lowest BCUT2D eigenvalue weighted by molar-refractivity contribution is 0.0993. The van der Waals surface area contributed by atoms with Crippen LogP contribution >= 0.6 is 27.7 Å². The van der Waals surface area contributed by atoms with Crippen LogP contribution in [0.1, 0.15) is 28.4 Å². The number of ketones is 1. The zero-order chi connectivity index (χ0) is 18.0. The smallest absolute Gasteiger partial charge is 0.277 e. The lowest BCUT2D eigenvalue weighted by Gasteiger charge is -2.10. The summed E-state index contributed by atoms with van der Waals surface area (Å²) >= 11 is 4.68. The Hall–Kier alpha value is -1.92. The molecule has 2 aromatic carbocycles. The molecule has 0 amide bonds. The van der Waals surface area contributed by atoms with E-state index in [9.17, 15) is 4.79 Å². The first-order chi connectivity index (χ1) is 11.9. The first-order valence-electron chi connectivity index (χ1n) is 7.81. The van der Waals surface area contributed by atoms with Crippen molar-refractivity contribution in [3.63, 3.8) is 0 Å². The van der Waals surface area contributed by atoms with Crippen molar-refractivity contribution in [2.45, 2.75) is 31.2 Å². The molecule has 0 saturated carbocycles. The molecule has 3 rings (SSSR count). The number of rotatable bonds is 5. The van der Waals surface area contributed by atoms with Gasteiger partial charge >= 0.3 is 0 Å². The molecule has 0 aliphatic heterocycles. The van der Waals surface area contributed by atoms with Crippen LogP contribution in [0.15, 0.2) is 56.6 Å². The molecule has 4 nitrogen and oxygen atoms in total. The highest BCUT2D eigenvalue weighted by Gasteiger charge is 2.21. The summed E-state index contributed by atoms with van der Waals surface area (Å²) in [6.07, 6.45) is 0. The fraction of sp³-hybridized carbons (Fsp3) is 0.211. The number of benzene rings is 2. The number of aromatic nitrogens is 2. The molecule has 25 heavy (non-hydrogen) atoms. The van der Waals surface area contributed by atoms with E-state index in [1.165, 1.54) is 11.8 Å². The predicted octanol–water partition coefficient (Wildman–Crippen LogP) is 5.48. The summed E-state index contributed by atoms with van der Waals surface area (Å²) < 4.78 is 6.68. The summed E-state index contributed by atoms with van der Waals surface area (Å²) in [5.74, 6) is 0.510. The lowest BCUT2D eigenvalue weighted by Crippen LogP contribution is -2.15. The van der Waals surface area contributed by atoms with E-state index in [-0.39, 0.29) is 11.0 Å². The molecule has 0 fully saturated rings. The van der Waals surface area contributed by atoms with Gasteiger partial charge in [0, 0.05) is 15.6 Å². The predicted molar refractivity (Wildman–Crippen MR) is 103 cm³/mol. The highest BCUT2D eigenvalue weighted by Crippen LogP contribution is 2.29. The molecule has 1 aromatic heterocycles. The second-order valence-corrected chi connectivity index (χ2v) is 8.03. The number of aryl methyl sites for hydroxylation is 2. The maximum atomic E-state index is 12.7. The van der Waals surface area contributed by atoms with E-state index in [0.29, 0.717) is 11.1 Å². The van der Waals surface area contributed by atoms with E-state index < -0.39 is 0 Å². The minimum absolute atomic E-state index is 0.0644. The summed E-state index contributed by atoms with van der Waals surface area (Å²) in [6, 6.07) is 13.5. The zero-order valence-electron chi connectivity index (χ0n) is 14.1. The first kappa shape index (κ1) is 17.9. The molecule has 1 heterocycles. The second kappa shape index (κ2) is 7.54. The van der Waals surface area contributed by atoms with Crippen LogP contribution in [0.4, 0.5) is 0 Å². The van der Waals surface area contributed by atoms with Crippen molar-refractivity contribution in [1.82, 2.24) is 10.2 Å². The summed E-state index contributed by atoms with van der Waals surface area (Å²) in [6.45, 7) is 5.79. The number of Topliss-reactive ketones (excluding diaryl/α,β-unsaturated/α-hetero) is 1. The van der Waals surface area contributed by atoms with Crippen molar-refractivity contribution < 1.29 is 9.21 Å². The van der Waals surface area contributed by atoms with Crippen molar-refractivity contribution in [2.24, 2.45) is 0 Å². The number of nitrogens with zero attached hydrogens (tertiary/aromatic N) is 2. The lowest BCUT2D eigenvalue weighted by atomic mass is 10.0. The van der Waals surface area contributed by atoms with Gasteiger partial charge in [-0.25, -0.2) is 0 Å². The van der Waals surface area contributed by atoms with Crippen LogP contribution in [0.2, 0.25) is 0 Å². The Morgan fingerprint density at radius 3 is 2.56 bits per heavy atom. The highest BCUT2D eigenvalue weighted by molar-refractivity contribution is 9.10. The monoisotopic (exact) mass is 416 g/mol. The number of thioether (sulfide) groups is 1. The second-order valence-electron chi connectivity index (χ2n) is 5.82. The maximum Gasteiger partial charge on any atom is 0.277 e. The Morgan fingerprint density at radius 2 is 1.84 bits per heavy atom. The molecule has 0 aliphatic carbocycles. The van der Waals surface area contributed by atoms with E-state index in [4.69, 9.17) is 4.42 Å². The highest BCUT2D eigenvalue weighted by atomic mass is 79.9. The number of hydrogen-bond acceptors (Lipinski definition) is 5. The van der Waals surface area contributed by atoms with Gasteiger partial charge in [-0.15, -0.1) is 10.2 Å². The average Bonchev–Trinajstić information content (AvgIpc) is 3.05. The van der Waals surface area contributed by atoms with Crippen molar-refractivity contribution >= 4 is 33.5 Å². The SMILES string of the molecule is Cc1ccc(C)c(C(=O)C(C)Sc2nnc(-c3ccc(Br)cc3)o2)c1. The van der Waals surface area contributed by atoms with Crippen LogP contribution < -0.4 is 0 Å². The van der Waals surface area contributed by atoms with E-state index in [1.807, 2.05) is 63.2 Å². The zero-order valence-corrected chi connectivity index (χ0v) is 16.5. The molecule has 1 atom stereocenters. The van der Waals surface area contributed by atoms with Crippen LogP contribution in [0.3, 0.4) is 0 Å². The van der Waals surface area contributed by atoms with Gasteiger partial charge in [0.15, 0.2) is 5.78 Å². The van der Waals surface area contributed by atoms with Gasteiger partial charge in [-0.05, 0) is 56.7 Å². The molecule has 0 bridgehead atoms. The summed E-state index contributed by atoms with van der Waals surface area (Å²) in [5.41, 5.74) is 3.63. The molecule has 1 unspecified atom stereocenters. The largest absolute Gasteiger partial charge is 0.411 e. The van der Waals surface area contributed by atoms with Crippen LogP contribution in [-0.2, 0) is 0 Å².